The molecule has 0 bridgehead atoms. The van der Waals surface area contributed by atoms with Crippen LogP contribution in [0.1, 0.15) is 5.56 Å². The molecule has 0 radical (unpaired) electrons. The smallest absolute Gasteiger partial charge is 0.213 e. The number of aliphatic hydroxyl groups is 1. The predicted octanol–water partition coefficient (Wildman–Crippen LogP) is 0.798. The van der Waals surface area contributed by atoms with E-state index in [2.05, 4.69) is 15.4 Å². The van der Waals surface area contributed by atoms with Crippen LogP contribution in [-0.2, 0) is 13.6 Å². The number of aromatic nitrogens is 3. The summed E-state index contributed by atoms with van der Waals surface area (Å²) in [7, 11) is 1.89. The number of hydrogen-bond acceptors (Lipinski definition) is 5. The Morgan fingerprint density at radius 1 is 1.39 bits per heavy atom. The van der Waals surface area contributed by atoms with Crippen molar-refractivity contribution in [3.63, 3.8) is 0 Å². The van der Waals surface area contributed by atoms with Crippen LogP contribution in [0.15, 0.2) is 30.7 Å². The molecule has 0 spiro atoms. The lowest BCUT2D eigenvalue weighted by atomic mass is 10.3. The molecular formula is C12H16N4O2. The van der Waals surface area contributed by atoms with Crippen LogP contribution in [0.4, 0.5) is 5.69 Å². The zero-order chi connectivity index (χ0) is 12.8. The van der Waals surface area contributed by atoms with Crippen LogP contribution in [0.3, 0.4) is 0 Å². The Kier molecular flexibility index (Phi) is 4.14. The molecule has 0 aliphatic rings. The molecule has 2 aromatic rings. The van der Waals surface area contributed by atoms with Crippen LogP contribution < -0.4 is 10.1 Å². The van der Waals surface area contributed by atoms with Crippen LogP contribution in [0.25, 0.3) is 0 Å². The summed E-state index contributed by atoms with van der Waals surface area (Å²) in [6, 6.07) is 3.65. The van der Waals surface area contributed by atoms with Crippen LogP contribution in [0, 0.1) is 0 Å². The molecule has 18 heavy (non-hydrogen) atoms. The van der Waals surface area contributed by atoms with Gasteiger partial charge in [-0.2, -0.15) is 5.10 Å². The lowest BCUT2D eigenvalue weighted by Gasteiger charge is -2.06. The molecular weight excluding hydrogens is 232 g/mol. The number of pyridine rings is 1. The van der Waals surface area contributed by atoms with Gasteiger partial charge < -0.3 is 15.2 Å². The summed E-state index contributed by atoms with van der Waals surface area (Å²) in [4.78, 5) is 4.12. The molecule has 0 aromatic carbocycles. The first-order chi connectivity index (χ1) is 8.78. The van der Waals surface area contributed by atoms with Gasteiger partial charge in [0, 0.05) is 31.4 Å². The summed E-state index contributed by atoms with van der Waals surface area (Å²) in [5, 5.41) is 16.0. The SMILES string of the molecule is Cn1cc(CNc2ccc(OCCO)nc2)cn1. The van der Waals surface area contributed by atoms with E-state index in [0.717, 1.165) is 11.3 Å². The van der Waals surface area contributed by atoms with E-state index < -0.39 is 0 Å². The number of nitrogens with one attached hydrogen (secondary N) is 1. The zero-order valence-electron chi connectivity index (χ0n) is 10.2. The monoisotopic (exact) mass is 248 g/mol. The first-order valence-electron chi connectivity index (χ1n) is 5.69. The van der Waals surface area contributed by atoms with Gasteiger partial charge in [0.05, 0.1) is 24.7 Å². The summed E-state index contributed by atoms with van der Waals surface area (Å²) >= 11 is 0. The lowest BCUT2D eigenvalue weighted by Crippen LogP contribution is -2.03. The highest BCUT2D eigenvalue weighted by Gasteiger charge is 1.98. The number of aryl methyl sites for hydroxylation is 1. The van der Waals surface area contributed by atoms with Crippen LogP contribution in [0.2, 0.25) is 0 Å². The molecule has 2 rings (SSSR count). The first kappa shape index (κ1) is 12.4. The zero-order valence-corrected chi connectivity index (χ0v) is 10.2. The highest BCUT2D eigenvalue weighted by molar-refractivity contribution is 5.42. The van der Waals surface area contributed by atoms with E-state index >= 15 is 0 Å². The van der Waals surface area contributed by atoms with Crippen LogP contribution in [-0.4, -0.2) is 33.1 Å². The second-order valence-corrected chi connectivity index (χ2v) is 3.83. The van der Waals surface area contributed by atoms with Gasteiger partial charge in [0.25, 0.3) is 0 Å². The normalized spacial score (nSPS) is 10.3. The molecule has 0 aliphatic heterocycles. The van der Waals surface area contributed by atoms with E-state index in [-0.39, 0.29) is 13.2 Å². The molecule has 0 saturated heterocycles. The molecule has 0 unspecified atom stereocenters. The van der Waals surface area contributed by atoms with Gasteiger partial charge in [-0.05, 0) is 6.07 Å². The summed E-state index contributed by atoms with van der Waals surface area (Å²) < 4.78 is 6.94. The molecule has 0 aliphatic carbocycles. The maximum absolute atomic E-state index is 8.62. The lowest BCUT2D eigenvalue weighted by molar-refractivity contribution is 0.196. The summed E-state index contributed by atoms with van der Waals surface area (Å²) in [5.74, 6) is 0.510. The number of anilines is 1. The van der Waals surface area contributed by atoms with Crippen LogP contribution in [0.5, 0.6) is 5.88 Å². The second-order valence-electron chi connectivity index (χ2n) is 3.83. The fraction of sp³-hybridized carbons (Fsp3) is 0.333. The van der Waals surface area contributed by atoms with Crippen molar-refractivity contribution in [2.45, 2.75) is 6.54 Å². The highest BCUT2D eigenvalue weighted by atomic mass is 16.5. The molecule has 6 nitrogen and oxygen atoms in total. The number of hydrogen-bond donors (Lipinski definition) is 2. The Morgan fingerprint density at radius 2 is 2.28 bits per heavy atom. The minimum absolute atomic E-state index is 0.0112. The fourth-order valence-corrected chi connectivity index (χ4v) is 1.49. The average Bonchev–Trinajstić information content (AvgIpc) is 2.81. The van der Waals surface area contributed by atoms with Crippen molar-refractivity contribution in [2.24, 2.45) is 7.05 Å². The average molecular weight is 248 g/mol. The number of rotatable bonds is 6. The van der Waals surface area contributed by atoms with Gasteiger partial charge in [-0.1, -0.05) is 0 Å². The van der Waals surface area contributed by atoms with E-state index in [4.69, 9.17) is 9.84 Å². The molecule has 0 fully saturated rings. The third-order valence-electron chi connectivity index (χ3n) is 2.33. The quantitative estimate of drug-likeness (QED) is 0.791. The third kappa shape index (κ3) is 3.46. The Hall–Kier alpha value is -2.08. The fourth-order valence-electron chi connectivity index (χ4n) is 1.49. The van der Waals surface area contributed by atoms with Crippen molar-refractivity contribution in [3.05, 3.63) is 36.3 Å². The van der Waals surface area contributed by atoms with Crippen molar-refractivity contribution in [1.82, 2.24) is 14.8 Å². The third-order valence-corrected chi connectivity index (χ3v) is 2.33. The Labute approximate surface area is 105 Å². The maximum Gasteiger partial charge on any atom is 0.213 e. The van der Waals surface area contributed by atoms with E-state index in [9.17, 15) is 0 Å². The minimum atomic E-state index is -0.0112. The van der Waals surface area contributed by atoms with Gasteiger partial charge in [-0.3, -0.25) is 4.68 Å². The van der Waals surface area contributed by atoms with Crippen molar-refractivity contribution >= 4 is 5.69 Å². The largest absolute Gasteiger partial charge is 0.475 e. The molecule has 2 aromatic heterocycles. The molecule has 0 saturated carbocycles. The molecule has 2 N–H and O–H groups in total. The number of nitrogens with zero attached hydrogens (tertiary/aromatic N) is 3. The van der Waals surface area contributed by atoms with Crippen molar-refractivity contribution in [1.29, 1.82) is 0 Å². The first-order valence-corrected chi connectivity index (χ1v) is 5.69. The summed E-state index contributed by atoms with van der Waals surface area (Å²) in [6.45, 7) is 0.949. The van der Waals surface area contributed by atoms with E-state index in [1.165, 1.54) is 0 Å². The van der Waals surface area contributed by atoms with Gasteiger partial charge in [-0.15, -0.1) is 0 Å². The Bertz CT molecular complexity index is 481. The van der Waals surface area contributed by atoms with Crippen molar-refractivity contribution in [3.8, 4) is 5.88 Å². The van der Waals surface area contributed by atoms with Gasteiger partial charge >= 0.3 is 0 Å². The van der Waals surface area contributed by atoms with Crippen molar-refractivity contribution in [2.75, 3.05) is 18.5 Å². The maximum atomic E-state index is 8.62. The molecule has 2 heterocycles. The second kappa shape index (κ2) is 6.02. The topological polar surface area (TPSA) is 72.2 Å². The number of aliphatic hydroxyl groups excluding tert-OH is 1. The van der Waals surface area contributed by atoms with Gasteiger partial charge in [-0.25, -0.2) is 4.98 Å². The summed E-state index contributed by atoms with van der Waals surface area (Å²) in [6.07, 6.45) is 5.47. The van der Waals surface area contributed by atoms with E-state index in [0.29, 0.717) is 12.4 Å². The van der Waals surface area contributed by atoms with Gasteiger partial charge in [0.15, 0.2) is 0 Å². The predicted molar refractivity (Wildman–Crippen MR) is 67.4 cm³/mol. The van der Waals surface area contributed by atoms with E-state index in [1.807, 2.05) is 25.5 Å². The van der Waals surface area contributed by atoms with Crippen molar-refractivity contribution < 1.29 is 9.84 Å². The van der Waals surface area contributed by atoms with Crippen LogP contribution >= 0.6 is 0 Å². The molecule has 0 amide bonds. The highest BCUT2D eigenvalue weighted by Crippen LogP contribution is 2.12. The Morgan fingerprint density at radius 3 is 2.89 bits per heavy atom. The van der Waals surface area contributed by atoms with Gasteiger partial charge in [0.2, 0.25) is 5.88 Å². The number of ether oxygens (including phenoxy) is 1. The molecule has 0 atom stereocenters. The van der Waals surface area contributed by atoms with E-state index in [1.54, 1.807) is 16.9 Å². The standard InChI is InChI=1S/C12H16N4O2/c1-16-9-10(7-15-16)6-13-11-2-3-12(14-8-11)18-5-4-17/h2-3,7-9,13,17H,4-6H2,1H3. The minimum Gasteiger partial charge on any atom is -0.475 e. The van der Waals surface area contributed by atoms with Gasteiger partial charge in [0.1, 0.15) is 6.61 Å². The summed E-state index contributed by atoms with van der Waals surface area (Å²) in [5.41, 5.74) is 2.02. The Balaban J connectivity index is 1.86. The molecule has 6 heteroatoms. The molecule has 96 valence electrons.